The van der Waals surface area contributed by atoms with E-state index in [0.717, 1.165) is 36.2 Å². The van der Waals surface area contributed by atoms with Crippen LogP contribution in [0.1, 0.15) is 39.4 Å². The van der Waals surface area contributed by atoms with Crippen molar-refractivity contribution in [3.8, 4) is 0 Å². The number of hydrogen-bond donors (Lipinski definition) is 1. The van der Waals surface area contributed by atoms with Gasteiger partial charge in [0.25, 0.3) is 0 Å². The number of nitrogens with zero attached hydrogens (tertiary/aromatic N) is 1. The van der Waals surface area contributed by atoms with Crippen LogP contribution in [0.4, 0.5) is 0 Å². The van der Waals surface area contributed by atoms with E-state index in [0.29, 0.717) is 11.3 Å². The van der Waals surface area contributed by atoms with Crippen LogP contribution in [-0.2, 0) is 6.42 Å². The first-order valence-electron chi connectivity index (χ1n) is 7.13. The van der Waals surface area contributed by atoms with Gasteiger partial charge in [0.1, 0.15) is 5.76 Å². The Morgan fingerprint density at radius 1 is 1.47 bits per heavy atom. The first-order valence-corrected chi connectivity index (χ1v) is 8.01. The van der Waals surface area contributed by atoms with E-state index in [-0.39, 0.29) is 0 Å². The highest BCUT2D eigenvalue weighted by Crippen LogP contribution is 2.25. The summed E-state index contributed by atoms with van der Waals surface area (Å²) in [5.74, 6) is 1.82. The molecule has 2 unspecified atom stereocenters. The molecule has 0 aromatic carbocycles. The molecule has 1 aromatic heterocycles. The first kappa shape index (κ1) is 14.5. The van der Waals surface area contributed by atoms with Crippen molar-refractivity contribution in [3.05, 3.63) is 24.2 Å². The second-order valence-corrected chi connectivity index (χ2v) is 6.97. The van der Waals surface area contributed by atoms with Crippen molar-refractivity contribution in [2.75, 3.05) is 6.54 Å². The molecule has 0 saturated carbocycles. The van der Waals surface area contributed by atoms with Crippen LogP contribution < -0.4 is 5.32 Å². The van der Waals surface area contributed by atoms with Gasteiger partial charge in [-0.2, -0.15) is 0 Å². The average Bonchev–Trinajstić information content (AvgIpc) is 2.97. The quantitative estimate of drug-likeness (QED) is 0.863. The lowest BCUT2D eigenvalue weighted by Crippen LogP contribution is -2.30. The number of hydrogen-bond acceptors (Lipinski definition) is 4. The smallest absolute Gasteiger partial charge is 0.157 e. The molecule has 0 radical (unpaired) electrons. The summed E-state index contributed by atoms with van der Waals surface area (Å²) < 4.78 is 5.35. The zero-order valence-corrected chi connectivity index (χ0v) is 12.9. The van der Waals surface area contributed by atoms with E-state index in [1.165, 1.54) is 6.42 Å². The number of rotatable bonds is 6. The van der Waals surface area contributed by atoms with Crippen LogP contribution in [0.25, 0.3) is 0 Å². The van der Waals surface area contributed by atoms with Crippen molar-refractivity contribution in [2.45, 2.75) is 51.3 Å². The zero-order chi connectivity index (χ0) is 13.7. The fourth-order valence-corrected chi connectivity index (χ4v) is 3.61. The van der Waals surface area contributed by atoms with Crippen LogP contribution in [0.15, 0.2) is 27.8 Å². The van der Waals surface area contributed by atoms with Gasteiger partial charge in [-0.15, -0.1) is 0 Å². The molecule has 0 aliphatic carbocycles. The van der Waals surface area contributed by atoms with Gasteiger partial charge in [0.05, 0.1) is 12.8 Å². The molecule has 0 bridgehead atoms. The number of aryl methyl sites for hydroxylation is 1. The molecule has 1 aliphatic rings. The summed E-state index contributed by atoms with van der Waals surface area (Å²) >= 11 is 1.91. The largest absolute Gasteiger partial charge is 0.469 e. The molecule has 1 aromatic rings. The summed E-state index contributed by atoms with van der Waals surface area (Å²) in [5.41, 5.74) is 0. The maximum atomic E-state index is 5.35. The van der Waals surface area contributed by atoms with Gasteiger partial charge in [-0.3, -0.25) is 4.99 Å². The number of aliphatic imine (C=N–C) groups is 1. The van der Waals surface area contributed by atoms with Gasteiger partial charge in [-0.25, -0.2) is 0 Å². The zero-order valence-electron chi connectivity index (χ0n) is 12.1. The third kappa shape index (κ3) is 4.94. The summed E-state index contributed by atoms with van der Waals surface area (Å²) in [6, 6.07) is 4.42. The van der Waals surface area contributed by atoms with Gasteiger partial charge in [-0.1, -0.05) is 25.6 Å². The minimum atomic E-state index is 0.439. The molecule has 0 spiro atoms. The van der Waals surface area contributed by atoms with Gasteiger partial charge >= 0.3 is 0 Å². The molecule has 0 fully saturated rings. The SMILES string of the molecule is CC(C)CC1CN=C(NC(C)CCc2ccco2)S1. The predicted octanol–water partition coefficient (Wildman–Crippen LogP) is 3.71. The van der Waals surface area contributed by atoms with Gasteiger partial charge in [-0.05, 0) is 37.8 Å². The summed E-state index contributed by atoms with van der Waals surface area (Å²) in [7, 11) is 0. The fourth-order valence-electron chi connectivity index (χ4n) is 2.24. The summed E-state index contributed by atoms with van der Waals surface area (Å²) in [6.45, 7) is 7.73. The number of nitrogens with one attached hydrogen (secondary N) is 1. The first-order chi connectivity index (χ1) is 9.13. The molecule has 1 aliphatic heterocycles. The monoisotopic (exact) mass is 280 g/mol. The highest BCUT2D eigenvalue weighted by atomic mass is 32.2. The van der Waals surface area contributed by atoms with E-state index in [9.17, 15) is 0 Å². The second-order valence-electron chi connectivity index (χ2n) is 5.68. The maximum absolute atomic E-state index is 5.35. The topological polar surface area (TPSA) is 37.5 Å². The molecule has 2 rings (SSSR count). The predicted molar refractivity (Wildman–Crippen MR) is 82.8 cm³/mol. The number of thioether (sulfide) groups is 1. The molecular formula is C15H24N2OS. The van der Waals surface area contributed by atoms with Gasteiger partial charge < -0.3 is 9.73 Å². The molecular weight excluding hydrogens is 256 g/mol. The van der Waals surface area contributed by atoms with Gasteiger partial charge in [0.15, 0.2) is 5.17 Å². The molecule has 0 saturated heterocycles. The van der Waals surface area contributed by atoms with E-state index in [2.05, 4.69) is 31.1 Å². The standard InChI is InChI=1S/C15H24N2OS/c1-11(2)9-14-10-16-15(19-14)17-12(3)6-7-13-5-4-8-18-13/h4-5,8,11-12,14H,6-7,9-10H2,1-3H3,(H,16,17). The lowest BCUT2D eigenvalue weighted by atomic mass is 10.1. The molecule has 4 heteroatoms. The van der Waals surface area contributed by atoms with Crippen molar-refractivity contribution in [1.82, 2.24) is 5.32 Å². The Kier molecular flexibility index (Phi) is 5.37. The minimum absolute atomic E-state index is 0.439. The number of amidine groups is 1. The molecule has 2 heterocycles. The molecule has 0 amide bonds. The Balaban J connectivity index is 1.67. The highest BCUT2D eigenvalue weighted by Gasteiger charge is 2.21. The van der Waals surface area contributed by atoms with Gasteiger partial charge in [0.2, 0.25) is 0 Å². The second kappa shape index (κ2) is 7.04. The molecule has 106 valence electrons. The molecule has 1 N–H and O–H groups in total. The highest BCUT2D eigenvalue weighted by molar-refractivity contribution is 8.14. The van der Waals surface area contributed by atoms with Crippen LogP contribution >= 0.6 is 11.8 Å². The summed E-state index contributed by atoms with van der Waals surface area (Å²) in [4.78, 5) is 4.60. The lowest BCUT2D eigenvalue weighted by Gasteiger charge is -2.15. The Labute approximate surface area is 120 Å². The number of furan rings is 1. The van der Waals surface area contributed by atoms with E-state index in [1.807, 2.05) is 23.9 Å². The molecule has 3 nitrogen and oxygen atoms in total. The van der Waals surface area contributed by atoms with E-state index in [4.69, 9.17) is 4.42 Å². The molecule has 19 heavy (non-hydrogen) atoms. The third-order valence-electron chi connectivity index (χ3n) is 3.22. The van der Waals surface area contributed by atoms with Crippen LogP contribution in [-0.4, -0.2) is 23.0 Å². The molecule has 2 atom stereocenters. The summed E-state index contributed by atoms with van der Waals surface area (Å²) in [5, 5.41) is 5.31. The van der Waals surface area contributed by atoms with E-state index < -0.39 is 0 Å². The Hall–Kier alpha value is -0.900. The van der Waals surface area contributed by atoms with Gasteiger partial charge in [0, 0.05) is 17.7 Å². The summed E-state index contributed by atoms with van der Waals surface area (Å²) in [6.07, 6.45) is 5.04. The third-order valence-corrected chi connectivity index (χ3v) is 4.37. The van der Waals surface area contributed by atoms with Crippen LogP contribution in [0.5, 0.6) is 0 Å². The van der Waals surface area contributed by atoms with E-state index >= 15 is 0 Å². The lowest BCUT2D eigenvalue weighted by molar-refractivity contribution is 0.483. The van der Waals surface area contributed by atoms with Crippen LogP contribution in [0.3, 0.4) is 0 Å². The normalized spacial score (nSPS) is 20.6. The Morgan fingerprint density at radius 3 is 3.00 bits per heavy atom. The van der Waals surface area contributed by atoms with Crippen molar-refractivity contribution in [3.63, 3.8) is 0 Å². The average molecular weight is 280 g/mol. The van der Waals surface area contributed by atoms with E-state index in [1.54, 1.807) is 6.26 Å². The van der Waals surface area contributed by atoms with Crippen molar-refractivity contribution < 1.29 is 4.42 Å². The Bertz CT molecular complexity index is 400. The van der Waals surface area contributed by atoms with Crippen molar-refractivity contribution >= 4 is 16.9 Å². The Morgan fingerprint density at radius 2 is 2.32 bits per heavy atom. The fraction of sp³-hybridized carbons (Fsp3) is 0.667. The van der Waals surface area contributed by atoms with Crippen LogP contribution in [0.2, 0.25) is 0 Å². The maximum Gasteiger partial charge on any atom is 0.157 e. The van der Waals surface area contributed by atoms with Crippen LogP contribution in [0, 0.1) is 5.92 Å². The van der Waals surface area contributed by atoms with Crippen molar-refractivity contribution in [1.29, 1.82) is 0 Å². The van der Waals surface area contributed by atoms with Crippen molar-refractivity contribution in [2.24, 2.45) is 10.9 Å². The minimum Gasteiger partial charge on any atom is -0.469 e.